The number of fused-ring (bicyclic) bond motifs is 1. The monoisotopic (exact) mass is 455 g/mol. The van der Waals surface area contributed by atoms with E-state index in [1.165, 1.54) is 0 Å². The minimum absolute atomic E-state index is 0.0189. The molecule has 0 aliphatic heterocycles. The number of hydrogen-bond acceptors (Lipinski definition) is 4. The number of hydrogen-bond donors (Lipinski definition) is 2. The van der Waals surface area contributed by atoms with Crippen molar-refractivity contribution in [2.24, 2.45) is 0 Å². The number of para-hydroxylation sites is 1. The first-order valence-corrected chi connectivity index (χ1v) is 11.4. The van der Waals surface area contributed by atoms with Crippen LogP contribution in [0.5, 0.6) is 0 Å². The van der Waals surface area contributed by atoms with Crippen molar-refractivity contribution in [3.8, 4) is 11.3 Å². The maximum atomic E-state index is 13.6. The molecule has 7 heteroatoms. The fourth-order valence-electron chi connectivity index (χ4n) is 3.90. The van der Waals surface area contributed by atoms with Gasteiger partial charge in [-0.3, -0.25) is 9.59 Å². The van der Waals surface area contributed by atoms with E-state index in [4.69, 9.17) is 4.98 Å². The molecule has 174 valence electrons. The van der Waals surface area contributed by atoms with Gasteiger partial charge in [0, 0.05) is 17.6 Å². The van der Waals surface area contributed by atoms with Crippen LogP contribution < -0.4 is 10.6 Å². The lowest BCUT2D eigenvalue weighted by atomic mass is 10.0. The minimum Gasteiger partial charge on any atom is -0.350 e. The lowest BCUT2D eigenvalue weighted by Gasteiger charge is -2.14. The molecule has 0 aliphatic rings. The summed E-state index contributed by atoms with van der Waals surface area (Å²) in [6, 6.07) is 16.8. The first kappa shape index (κ1) is 23.2. The van der Waals surface area contributed by atoms with Gasteiger partial charge in [-0.15, -0.1) is 0 Å². The number of carbonyl (C=O) groups excluding carboxylic acids is 2. The zero-order chi connectivity index (χ0) is 24.4. The van der Waals surface area contributed by atoms with E-state index in [1.807, 2.05) is 63.6 Å². The number of benzene rings is 2. The number of nitrogens with one attached hydrogen (secondary N) is 2. The van der Waals surface area contributed by atoms with Gasteiger partial charge in [-0.25, -0.2) is 9.67 Å². The molecule has 2 N–H and O–H groups in total. The molecule has 0 saturated carbocycles. The summed E-state index contributed by atoms with van der Waals surface area (Å²) in [5.41, 5.74) is 4.67. The summed E-state index contributed by atoms with van der Waals surface area (Å²) >= 11 is 0. The fraction of sp³-hybridized carbons (Fsp3) is 0.259. The molecule has 7 nitrogen and oxygen atoms in total. The maximum absolute atomic E-state index is 13.6. The van der Waals surface area contributed by atoms with Gasteiger partial charge in [0.1, 0.15) is 0 Å². The van der Waals surface area contributed by atoms with E-state index >= 15 is 0 Å². The van der Waals surface area contributed by atoms with Crippen LogP contribution >= 0.6 is 0 Å². The summed E-state index contributed by atoms with van der Waals surface area (Å²) in [5.74, 6) is -0.561. The van der Waals surface area contributed by atoms with E-state index in [2.05, 4.69) is 15.7 Å². The molecule has 2 aromatic carbocycles. The van der Waals surface area contributed by atoms with Gasteiger partial charge in [-0.1, -0.05) is 36.4 Å². The van der Waals surface area contributed by atoms with E-state index in [9.17, 15) is 9.59 Å². The number of carbonyl (C=O) groups is 2. The highest BCUT2D eigenvalue weighted by molar-refractivity contribution is 6.14. The Hall–Kier alpha value is -4.00. The Bertz CT molecular complexity index is 1370. The Labute approximate surface area is 199 Å². The average Bonchev–Trinajstić information content (AvgIpc) is 3.23. The van der Waals surface area contributed by atoms with Gasteiger partial charge in [0.25, 0.3) is 11.8 Å². The van der Waals surface area contributed by atoms with Crippen molar-refractivity contribution in [2.45, 2.75) is 46.7 Å². The van der Waals surface area contributed by atoms with Gasteiger partial charge in [-0.2, -0.15) is 5.10 Å². The maximum Gasteiger partial charge on any atom is 0.256 e. The Morgan fingerprint density at radius 1 is 0.912 bits per heavy atom. The second-order valence-electron chi connectivity index (χ2n) is 8.92. The van der Waals surface area contributed by atoms with Gasteiger partial charge in [0.15, 0.2) is 5.65 Å². The molecule has 0 aliphatic carbocycles. The van der Waals surface area contributed by atoms with Crippen LogP contribution in [0.2, 0.25) is 0 Å². The normalized spacial score (nSPS) is 11.3. The van der Waals surface area contributed by atoms with E-state index in [0.29, 0.717) is 33.5 Å². The summed E-state index contributed by atoms with van der Waals surface area (Å²) in [5, 5.41) is 11.0. The lowest BCUT2D eigenvalue weighted by molar-refractivity contribution is 0.0944. The summed E-state index contributed by atoms with van der Waals surface area (Å²) < 4.78 is 1.82. The number of aromatic nitrogens is 3. The third-order valence-electron chi connectivity index (χ3n) is 5.56. The van der Waals surface area contributed by atoms with E-state index in [1.54, 1.807) is 36.5 Å². The molecule has 4 aromatic rings. The molecular formula is C27H29N5O2. The van der Waals surface area contributed by atoms with Crippen LogP contribution in [0.4, 0.5) is 5.69 Å². The number of nitrogens with zero attached hydrogens (tertiary/aromatic N) is 3. The van der Waals surface area contributed by atoms with Crippen LogP contribution in [0.1, 0.15) is 60.0 Å². The topological polar surface area (TPSA) is 88.9 Å². The van der Waals surface area contributed by atoms with Crippen molar-refractivity contribution in [1.29, 1.82) is 0 Å². The summed E-state index contributed by atoms with van der Waals surface area (Å²) in [7, 11) is 0. The molecule has 4 rings (SSSR count). The molecule has 34 heavy (non-hydrogen) atoms. The van der Waals surface area contributed by atoms with Crippen molar-refractivity contribution in [3.05, 3.63) is 77.5 Å². The molecule has 2 aromatic heterocycles. The first-order chi connectivity index (χ1) is 16.3. The van der Waals surface area contributed by atoms with E-state index in [0.717, 1.165) is 11.1 Å². The SMILES string of the molecule is Cc1ccccc1-c1cc(C(=O)Nc2ccccc2C(=O)NC(C)C)c2cnn(C(C)C)c2n1. The molecule has 2 amide bonds. The number of aryl methyl sites for hydroxylation is 1. The van der Waals surface area contributed by atoms with Crippen molar-refractivity contribution in [1.82, 2.24) is 20.1 Å². The highest BCUT2D eigenvalue weighted by Crippen LogP contribution is 2.29. The largest absolute Gasteiger partial charge is 0.350 e. The smallest absolute Gasteiger partial charge is 0.256 e. The van der Waals surface area contributed by atoms with Crippen molar-refractivity contribution in [3.63, 3.8) is 0 Å². The third-order valence-corrected chi connectivity index (χ3v) is 5.56. The van der Waals surface area contributed by atoms with Gasteiger partial charge >= 0.3 is 0 Å². The highest BCUT2D eigenvalue weighted by atomic mass is 16.2. The minimum atomic E-state index is -0.324. The van der Waals surface area contributed by atoms with E-state index < -0.39 is 0 Å². The molecule has 0 fully saturated rings. The molecule has 0 saturated heterocycles. The number of anilines is 1. The fourth-order valence-corrected chi connectivity index (χ4v) is 3.90. The summed E-state index contributed by atoms with van der Waals surface area (Å²) in [4.78, 5) is 31.1. The molecule has 0 bridgehead atoms. The summed E-state index contributed by atoms with van der Waals surface area (Å²) in [6.07, 6.45) is 1.68. The average molecular weight is 456 g/mol. The van der Waals surface area contributed by atoms with Gasteiger partial charge < -0.3 is 10.6 Å². The van der Waals surface area contributed by atoms with Crippen LogP contribution in [0.3, 0.4) is 0 Å². The molecule has 0 spiro atoms. The number of amides is 2. The lowest BCUT2D eigenvalue weighted by Crippen LogP contribution is -2.31. The van der Waals surface area contributed by atoms with Crippen LogP contribution in [-0.2, 0) is 0 Å². The Kier molecular flexibility index (Phi) is 6.45. The Morgan fingerprint density at radius 2 is 1.62 bits per heavy atom. The molecular weight excluding hydrogens is 426 g/mol. The quantitative estimate of drug-likeness (QED) is 0.409. The molecule has 2 heterocycles. The van der Waals surface area contributed by atoms with Crippen molar-refractivity contribution >= 4 is 28.5 Å². The van der Waals surface area contributed by atoms with Crippen LogP contribution in [0, 0.1) is 6.92 Å². The van der Waals surface area contributed by atoms with Crippen LogP contribution in [0.15, 0.2) is 60.8 Å². The first-order valence-electron chi connectivity index (χ1n) is 11.4. The molecule has 0 radical (unpaired) electrons. The predicted molar refractivity (Wildman–Crippen MR) is 135 cm³/mol. The zero-order valence-corrected chi connectivity index (χ0v) is 20.1. The molecule has 0 unspecified atom stereocenters. The van der Waals surface area contributed by atoms with E-state index in [-0.39, 0.29) is 23.9 Å². The number of pyridine rings is 1. The zero-order valence-electron chi connectivity index (χ0n) is 20.1. The Morgan fingerprint density at radius 3 is 2.32 bits per heavy atom. The second kappa shape index (κ2) is 9.47. The van der Waals surface area contributed by atoms with Crippen LogP contribution in [0.25, 0.3) is 22.3 Å². The highest BCUT2D eigenvalue weighted by Gasteiger charge is 2.21. The second-order valence-corrected chi connectivity index (χ2v) is 8.92. The van der Waals surface area contributed by atoms with Crippen molar-refractivity contribution in [2.75, 3.05) is 5.32 Å². The van der Waals surface area contributed by atoms with Crippen LogP contribution in [-0.4, -0.2) is 32.6 Å². The molecule has 0 atom stereocenters. The van der Waals surface area contributed by atoms with Gasteiger partial charge in [-0.05, 0) is 58.4 Å². The van der Waals surface area contributed by atoms with Gasteiger partial charge in [0.05, 0.1) is 34.1 Å². The summed E-state index contributed by atoms with van der Waals surface area (Å²) in [6.45, 7) is 9.86. The third kappa shape index (κ3) is 4.55. The number of rotatable bonds is 6. The predicted octanol–water partition coefficient (Wildman–Crippen LogP) is 5.38. The van der Waals surface area contributed by atoms with Gasteiger partial charge in [0.2, 0.25) is 0 Å². The standard InChI is InChI=1S/C27H29N5O2/c1-16(2)29-26(33)20-12-8-9-13-23(20)31-27(34)21-14-24(19-11-7-6-10-18(19)5)30-25-22(21)15-28-32(25)17(3)4/h6-17H,1-5H3,(H,29,33)(H,31,34). The van der Waals surface area contributed by atoms with Crippen molar-refractivity contribution < 1.29 is 9.59 Å². The Balaban J connectivity index is 1.81.